The number of hydrogen-bond acceptors (Lipinski definition) is 4. The van der Waals surface area contributed by atoms with Crippen LogP contribution in [0.5, 0.6) is 0 Å². The highest BCUT2D eigenvalue weighted by atomic mass is 16.6. The van der Waals surface area contributed by atoms with Gasteiger partial charge in [0.05, 0.1) is 6.61 Å². The number of ether oxygens (including phenoxy) is 2. The number of hydrogen-bond donors (Lipinski definition) is 0. The largest absolute Gasteiger partial charge is 0.463 e. The Balaban J connectivity index is 2.41. The van der Waals surface area contributed by atoms with Gasteiger partial charge in [0.2, 0.25) is 6.10 Å². The second-order valence-electron chi connectivity index (χ2n) is 4.05. The van der Waals surface area contributed by atoms with Crippen LogP contribution in [-0.2, 0) is 19.1 Å². The number of cyclic esters (lactones) is 1. The first kappa shape index (κ1) is 11.8. The van der Waals surface area contributed by atoms with E-state index < -0.39 is 18.0 Å². The third kappa shape index (κ3) is 3.38. The lowest BCUT2D eigenvalue weighted by atomic mass is 10.0. The summed E-state index contributed by atoms with van der Waals surface area (Å²) in [5.41, 5.74) is 0.407. The molecule has 84 valence electrons. The Morgan fingerprint density at radius 2 is 2.33 bits per heavy atom. The molecule has 1 fully saturated rings. The lowest BCUT2D eigenvalue weighted by molar-refractivity contribution is -0.157. The van der Waals surface area contributed by atoms with Crippen molar-refractivity contribution in [1.82, 2.24) is 0 Å². The van der Waals surface area contributed by atoms with Crippen LogP contribution < -0.4 is 0 Å². The number of rotatable bonds is 4. The molecular formula is C11H16O4. The molecule has 0 N–H and O–H groups in total. The van der Waals surface area contributed by atoms with Gasteiger partial charge < -0.3 is 9.47 Å². The van der Waals surface area contributed by atoms with Gasteiger partial charge in [-0.25, -0.2) is 9.59 Å². The molecule has 1 heterocycles. The van der Waals surface area contributed by atoms with Crippen LogP contribution in [0.25, 0.3) is 0 Å². The molecule has 4 heteroatoms. The van der Waals surface area contributed by atoms with Crippen LogP contribution in [-0.4, -0.2) is 24.6 Å². The average molecular weight is 212 g/mol. The zero-order chi connectivity index (χ0) is 11.4. The van der Waals surface area contributed by atoms with Crippen molar-refractivity contribution in [3.05, 3.63) is 12.2 Å². The first-order valence-electron chi connectivity index (χ1n) is 5.06. The van der Waals surface area contributed by atoms with Crippen molar-refractivity contribution in [1.29, 1.82) is 0 Å². The maximum Gasteiger partial charge on any atom is 0.347 e. The third-order valence-electron chi connectivity index (χ3n) is 2.08. The molecule has 0 aromatic carbocycles. The van der Waals surface area contributed by atoms with Crippen molar-refractivity contribution in [3.8, 4) is 0 Å². The summed E-state index contributed by atoms with van der Waals surface area (Å²) in [4.78, 5) is 22.5. The summed E-state index contributed by atoms with van der Waals surface area (Å²) >= 11 is 0. The van der Waals surface area contributed by atoms with Gasteiger partial charge in [0.1, 0.15) is 0 Å². The van der Waals surface area contributed by atoms with Gasteiger partial charge in [-0.2, -0.15) is 0 Å². The van der Waals surface area contributed by atoms with Crippen LogP contribution in [0, 0.1) is 5.92 Å². The Labute approximate surface area is 89.2 Å². The van der Waals surface area contributed by atoms with Crippen LogP contribution in [0.1, 0.15) is 26.7 Å². The van der Waals surface area contributed by atoms with E-state index in [9.17, 15) is 9.59 Å². The first-order chi connectivity index (χ1) is 7.00. The summed E-state index contributed by atoms with van der Waals surface area (Å²) in [6.07, 6.45) is 0.293. The zero-order valence-electron chi connectivity index (χ0n) is 9.12. The summed E-state index contributed by atoms with van der Waals surface area (Å²) in [5, 5.41) is 0. The van der Waals surface area contributed by atoms with E-state index in [1.165, 1.54) is 0 Å². The third-order valence-corrected chi connectivity index (χ3v) is 2.08. The van der Waals surface area contributed by atoms with Gasteiger partial charge in [-0.05, 0) is 12.3 Å². The summed E-state index contributed by atoms with van der Waals surface area (Å²) in [6, 6.07) is 0. The SMILES string of the molecule is C=C(CC(C)C)C(=O)OC1CCOC1=O. The molecule has 0 saturated carbocycles. The van der Waals surface area contributed by atoms with E-state index >= 15 is 0 Å². The van der Waals surface area contributed by atoms with Gasteiger partial charge in [-0.15, -0.1) is 0 Å². The topological polar surface area (TPSA) is 52.6 Å². The van der Waals surface area contributed by atoms with E-state index in [4.69, 9.17) is 4.74 Å². The van der Waals surface area contributed by atoms with Crippen molar-refractivity contribution in [2.45, 2.75) is 32.8 Å². The minimum atomic E-state index is -0.735. The summed E-state index contributed by atoms with van der Waals surface area (Å²) in [5.74, 6) is -0.603. The van der Waals surface area contributed by atoms with Crippen molar-refractivity contribution in [2.75, 3.05) is 6.61 Å². The molecule has 0 aromatic rings. The Morgan fingerprint density at radius 1 is 1.67 bits per heavy atom. The molecule has 1 saturated heterocycles. The normalized spacial score (nSPS) is 20.2. The smallest absolute Gasteiger partial charge is 0.347 e. The van der Waals surface area contributed by atoms with E-state index in [-0.39, 0.29) is 0 Å². The highest BCUT2D eigenvalue weighted by molar-refractivity contribution is 5.90. The predicted molar refractivity (Wildman–Crippen MR) is 54.1 cm³/mol. The molecule has 1 aliphatic heterocycles. The monoisotopic (exact) mass is 212 g/mol. The molecule has 0 aromatic heterocycles. The van der Waals surface area contributed by atoms with Gasteiger partial charge in [0, 0.05) is 12.0 Å². The van der Waals surface area contributed by atoms with Crippen molar-refractivity contribution < 1.29 is 19.1 Å². The van der Waals surface area contributed by atoms with Crippen molar-refractivity contribution in [2.24, 2.45) is 5.92 Å². The molecule has 0 amide bonds. The molecule has 1 aliphatic rings. The number of carbonyl (C=O) groups is 2. The van der Waals surface area contributed by atoms with Gasteiger partial charge in [-0.1, -0.05) is 20.4 Å². The fourth-order valence-electron chi connectivity index (χ4n) is 1.37. The molecule has 4 nitrogen and oxygen atoms in total. The molecular weight excluding hydrogens is 196 g/mol. The number of esters is 2. The van der Waals surface area contributed by atoms with Gasteiger partial charge >= 0.3 is 11.9 Å². The summed E-state index contributed by atoms with van der Waals surface area (Å²) in [7, 11) is 0. The standard InChI is InChI=1S/C11H16O4/c1-7(2)6-8(3)10(12)15-9-4-5-14-11(9)13/h7,9H,3-6H2,1-2H3. The minimum absolute atomic E-state index is 0.327. The number of carbonyl (C=O) groups excluding carboxylic acids is 2. The summed E-state index contributed by atoms with van der Waals surface area (Å²) in [6.45, 7) is 7.94. The summed E-state index contributed by atoms with van der Waals surface area (Å²) < 4.78 is 9.65. The molecule has 1 rings (SSSR count). The van der Waals surface area contributed by atoms with E-state index in [2.05, 4.69) is 11.3 Å². The minimum Gasteiger partial charge on any atom is -0.463 e. The fraction of sp³-hybridized carbons (Fsp3) is 0.636. The molecule has 1 unspecified atom stereocenters. The van der Waals surface area contributed by atoms with E-state index in [1.807, 2.05) is 13.8 Å². The maximum atomic E-state index is 11.5. The van der Waals surface area contributed by atoms with Crippen LogP contribution >= 0.6 is 0 Å². The predicted octanol–water partition coefficient (Wildman–Crippen LogP) is 1.45. The average Bonchev–Trinajstić information content (AvgIpc) is 2.50. The van der Waals surface area contributed by atoms with Crippen molar-refractivity contribution >= 4 is 11.9 Å². The highest BCUT2D eigenvalue weighted by Crippen LogP contribution is 2.15. The van der Waals surface area contributed by atoms with Crippen molar-refractivity contribution in [3.63, 3.8) is 0 Å². The maximum absolute atomic E-state index is 11.5. The second kappa shape index (κ2) is 4.96. The molecule has 1 atom stereocenters. The zero-order valence-corrected chi connectivity index (χ0v) is 9.12. The molecule has 0 aliphatic carbocycles. The van der Waals surface area contributed by atoms with E-state index in [0.717, 1.165) is 0 Å². The Morgan fingerprint density at radius 3 is 2.80 bits per heavy atom. The Hall–Kier alpha value is -1.32. The van der Waals surface area contributed by atoms with Crippen LogP contribution in [0.4, 0.5) is 0 Å². The lowest BCUT2D eigenvalue weighted by Gasteiger charge is -2.11. The second-order valence-corrected chi connectivity index (χ2v) is 4.05. The van der Waals surface area contributed by atoms with E-state index in [1.54, 1.807) is 0 Å². The molecule has 0 spiro atoms. The van der Waals surface area contributed by atoms with Gasteiger partial charge in [0.25, 0.3) is 0 Å². The molecule has 15 heavy (non-hydrogen) atoms. The molecule has 0 radical (unpaired) electrons. The van der Waals surface area contributed by atoms with E-state index in [0.29, 0.717) is 30.9 Å². The van der Waals surface area contributed by atoms with Crippen LogP contribution in [0.2, 0.25) is 0 Å². The van der Waals surface area contributed by atoms with Gasteiger partial charge in [-0.3, -0.25) is 0 Å². The first-order valence-corrected chi connectivity index (χ1v) is 5.06. The quantitative estimate of drug-likeness (QED) is 0.522. The fourth-order valence-corrected chi connectivity index (χ4v) is 1.37. The van der Waals surface area contributed by atoms with Gasteiger partial charge in [0.15, 0.2) is 0 Å². The Kier molecular flexibility index (Phi) is 3.88. The Bertz CT molecular complexity index is 280. The molecule has 0 bridgehead atoms. The van der Waals surface area contributed by atoms with Crippen LogP contribution in [0.3, 0.4) is 0 Å². The highest BCUT2D eigenvalue weighted by Gasteiger charge is 2.30. The van der Waals surface area contributed by atoms with Crippen LogP contribution in [0.15, 0.2) is 12.2 Å². The lowest BCUT2D eigenvalue weighted by Crippen LogP contribution is -2.23.